The summed E-state index contributed by atoms with van der Waals surface area (Å²) in [5.41, 5.74) is 0.716. The van der Waals surface area contributed by atoms with Crippen molar-refractivity contribution in [2.24, 2.45) is 11.8 Å². The summed E-state index contributed by atoms with van der Waals surface area (Å²) in [6.45, 7) is 4.12. The quantitative estimate of drug-likeness (QED) is 0.891. The molecule has 2 heterocycles. The second-order valence-electron chi connectivity index (χ2n) is 6.01. The number of carbonyl (C=O) groups excluding carboxylic acids is 2. The highest BCUT2D eigenvalue weighted by Crippen LogP contribution is 2.27. The number of hydrogen-bond donors (Lipinski definition) is 2. The second kappa shape index (κ2) is 6.04. The predicted molar refractivity (Wildman–Crippen MR) is 82.1 cm³/mol. The molecule has 6 heteroatoms. The van der Waals surface area contributed by atoms with Gasteiger partial charge in [0.15, 0.2) is 0 Å². The van der Waals surface area contributed by atoms with Crippen molar-refractivity contribution in [2.75, 3.05) is 29.9 Å². The van der Waals surface area contributed by atoms with Gasteiger partial charge < -0.3 is 15.5 Å². The van der Waals surface area contributed by atoms with Gasteiger partial charge in [-0.2, -0.15) is 0 Å². The Hall–Kier alpha value is -1.95. The van der Waals surface area contributed by atoms with Gasteiger partial charge >= 0.3 is 0 Å². The van der Waals surface area contributed by atoms with E-state index in [1.54, 1.807) is 12.1 Å². The standard InChI is InChI=1S/C16H20FN3O2/c1-10(11-8-18-9-11)16(22)19-12-4-5-14(13(17)7-12)20-6-2-3-15(20)21/h4-5,7,10-11,18H,2-3,6,8-9H2,1H3,(H,19,22). The van der Waals surface area contributed by atoms with E-state index in [-0.39, 0.29) is 23.4 Å². The fourth-order valence-electron chi connectivity index (χ4n) is 2.84. The molecule has 2 aliphatic rings. The van der Waals surface area contributed by atoms with Crippen LogP contribution in [0.25, 0.3) is 0 Å². The fraction of sp³-hybridized carbons (Fsp3) is 0.500. The number of hydrogen-bond acceptors (Lipinski definition) is 3. The molecule has 0 aromatic heterocycles. The third-order valence-corrected chi connectivity index (χ3v) is 4.51. The molecule has 2 aliphatic heterocycles. The Labute approximate surface area is 128 Å². The van der Waals surface area contributed by atoms with Crippen LogP contribution in [-0.2, 0) is 9.59 Å². The molecule has 2 saturated heterocycles. The Bertz CT molecular complexity index is 601. The first kappa shape index (κ1) is 15.0. The van der Waals surface area contributed by atoms with Gasteiger partial charge in [-0.15, -0.1) is 0 Å². The predicted octanol–water partition coefficient (Wildman–Crippen LogP) is 1.75. The van der Waals surface area contributed by atoms with Gasteiger partial charge in [0.2, 0.25) is 11.8 Å². The van der Waals surface area contributed by atoms with Gasteiger partial charge in [0.1, 0.15) is 5.82 Å². The van der Waals surface area contributed by atoms with E-state index in [9.17, 15) is 14.0 Å². The van der Waals surface area contributed by atoms with Crippen LogP contribution in [0.15, 0.2) is 18.2 Å². The van der Waals surface area contributed by atoms with Crippen LogP contribution >= 0.6 is 0 Å². The lowest BCUT2D eigenvalue weighted by molar-refractivity contribution is -0.121. The zero-order chi connectivity index (χ0) is 15.7. The molecule has 0 saturated carbocycles. The molecule has 0 radical (unpaired) electrons. The van der Waals surface area contributed by atoms with E-state index in [2.05, 4.69) is 10.6 Å². The Kier molecular flexibility index (Phi) is 4.11. The van der Waals surface area contributed by atoms with Gasteiger partial charge in [-0.25, -0.2) is 4.39 Å². The summed E-state index contributed by atoms with van der Waals surface area (Å²) in [6.07, 6.45) is 1.22. The first-order valence-corrected chi connectivity index (χ1v) is 7.68. The number of carbonyl (C=O) groups is 2. The summed E-state index contributed by atoms with van der Waals surface area (Å²) in [7, 11) is 0. The highest BCUT2D eigenvalue weighted by molar-refractivity contribution is 5.96. The van der Waals surface area contributed by atoms with Crippen molar-refractivity contribution in [2.45, 2.75) is 19.8 Å². The van der Waals surface area contributed by atoms with E-state index in [4.69, 9.17) is 0 Å². The lowest BCUT2D eigenvalue weighted by atomic mass is 9.88. The number of rotatable bonds is 4. The number of amides is 2. The molecule has 3 rings (SSSR count). The maximum absolute atomic E-state index is 14.2. The minimum absolute atomic E-state index is 0.0539. The van der Waals surface area contributed by atoms with Crippen LogP contribution in [0.2, 0.25) is 0 Å². The second-order valence-corrected chi connectivity index (χ2v) is 6.01. The van der Waals surface area contributed by atoms with Crippen LogP contribution < -0.4 is 15.5 Å². The van der Waals surface area contributed by atoms with Crippen molar-refractivity contribution in [3.63, 3.8) is 0 Å². The smallest absolute Gasteiger partial charge is 0.227 e. The molecule has 22 heavy (non-hydrogen) atoms. The summed E-state index contributed by atoms with van der Waals surface area (Å²) in [6, 6.07) is 4.49. The molecular formula is C16H20FN3O2. The van der Waals surface area contributed by atoms with Crippen molar-refractivity contribution < 1.29 is 14.0 Å². The first-order valence-electron chi connectivity index (χ1n) is 7.68. The van der Waals surface area contributed by atoms with Crippen molar-refractivity contribution in [3.05, 3.63) is 24.0 Å². The number of nitrogens with zero attached hydrogens (tertiary/aromatic N) is 1. The molecule has 2 N–H and O–H groups in total. The van der Waals surface area contributed by atoms with E-state index in [0.717, 1.165) is 19.5 Å². The summed E-state index contributed by atoms with van der Waals surface area (Å²) >= 11 is 0. The lowest BCUT2D eigenvalue weighted by Crippen LogP contribution is -2.48. The van der Waals surface area contributed by atoms with Gasteiger partial charge in [-0.1, -0.05) is 6.92 Å². The maximum atomic E-state index is 14.2. The van der Waals surface area contributed by atoms with E-state index in [0.29, 0.717) is 24.6 Å². The van der Waals surface area contributed by atoms with Gasteiger partial charge in [-0.3, -0.25) is 9.59 Å². The fourth-order valence-corrected chi connectivity index (χ4v) is 2.84. The largest absolute Gasteiger partial charge is 0.326 e. The van der Waals surface area contributed by atoms with Crippen molar-refractivity contribution in [1.29, 1.82) is 0 Å². The summed E-state index contributed by atoms with van der Waals surface area (Å²) < 4.78 is 14.2. The van der Waals surface area contributed by atoms with Crippen LogP contribution in [0.5, 0.6) is 0 Å². The van der Waals surface area contributed by atoms with Crippen molar-refractivity contribution >= 4 is 23.2 Å². The van der Waals surface area contributed by atoms with E-state index >= 15 is 0 Å². The van der Waals surface area contributed by atoms with Gasteiger partial charge in [-0.05, 0) is 43.6 Å². The lowest BCUT2D eigenvalue weighted by Gasteiger charge is -2.31. The van der Waals surface area contributed by atoms with Crippen LogP contribution in [0.4, 0.5) is 15.8 Å². The molecule has 0 spiro atoms. The molecule has 1 atom stereocenters. The molecular weight excluding hydrogens is 285 g/mol. The summed E-state index contributed by atoms with van der Waals surface area (Å²) in [5, 5.41) is 5.89. The maximum Gasteiger partial charge on any atom is 0.227 e. The average molecular weight is 305 g/mol. The van der Waals surface area contributed by atoms with Gasteiger partial charge in [0, 0.05) is 24.6 Å². The van der Waals surface area contributed by atoms with Gasteiger partial charge in [0.05, 0.1) is 5.69 Å². The van der Waals surface area contributed by atoms with Crippen LogP contribution in [0.3, 0.4) is 0 Å². The SMILES string of the molecule is CC(C(=O)Nc1ccc(N2CCCC2=O)c(F)c1)C1CNC1. The highest BCUT2D eigenvalue weighted by atomic mass is 19.1. The van der Waals surface area contributed by atoms with Crippen LogP contribution in [-0.4, -0.2) is 31.4 Å². The summed E-state index contributed by atoms with van der Waals surface area (Å²) in [4.78, 5) is 25.3. The average Bonchev–Trinajstić information content (AvgIpc) is 2.83. The number of halogens is 1. The molecule has 1 aromatic rings. The molecule has 5 nitrogen and oxygen atoms in total. The first-order chi connectivity index (χ1) is 10.6. The normalized spacial score (nSPS) is 19.9. The van der Waals surface area contributed by atoms with Crippen molar-refractivity contribution in [1.82, 2.24) is 5.32 Å². The Balaban J connectivity index is 1.69. The molecule has 118 valence electrons. The third-order valence-electron chi connectivity index (χ3n) is 4.51. The minimum atomic E-state index is -0.481. The Morgan fingerprint density at radius 1 is 1.45 bits per heavy atom. The van der Waals surface area contributed by atoms with E-state index in [1.807, 2.05) is 6.92 Å². The molecule has 1 unspecified atom stereocenters. The zero-order valence-electron chi connectivity index (χ0n) is 12.6. The Morgan fingerprint density at radius 3 is 2.77 bits per heavy atom. The van der Waals surface area contributed by atoms with Crippen LogP contribution in [0.1, 0.15) is 19.8 Å². The number of benzene rings is 1. The number of anilines is 2. The molecule has 2 fully saturated rings. The zero-order valence-corrected chi connectivity index (χ0v) is 12.6. The monoisotopic (exact) mass is 305 g/mol. The third kappa shape index (κ3) is 2.83. The minimum Gasteiger partial charge on any atom is -0.326 e. The molecule has 2 amide bonds. The molecule has 0 bridgehead atoms. The Morgan fingerprint density at radius 2 is 2.23 bits per heavy atom. The van der Waals surface area contributed by atoms with Crippen LogP contribution in [0, 0.1) is 17.7 Å². The highest BCUT2D eigenvalue weighted by Gasteiger charge is 2.29. The summed E-state index contributed by atoms with van der Waals surface area (Å²) in [5.74, 6) is -0.404. The topological polar surface area (TPSA) is 61.4 Å². The molecule has 0 aliphatic carbocycles. The van der Waals surface area contributed by atoms with Crippen molar-refractivity contribution in [3.8, 4) is 0 Å². The van der Waals surface area contributed by atoms with Gasteiger partial charge in [0.25, 0.3) is 0 Å². The van der Waals surface area contributed by atoms with E-state index in [1.165, 1.54) is 11.0 Å². The molecule has 1 aromatic carbocycles. The van der Waals surface area contributed by atoms with E-state index < -0.39 is 5.82 Å². The number of nitrogens with one attached hydrogen (secondary N) is 2.